The monoisotopic (exact) mass is 387 g/mol. The van der Waals surface area contributed by atoms with Crippen molar-refractivity contribution in [2.45, 2.75) is 13.2 Å². The van der Waals surface area contributed by atoms with Gasteiger partial charge in [-0.25, -0.2) is 4.39 Å². The van der Waals surface area contributed by atoms with Crippen LogP contribution in [0, 0.1) is 5.82 Å². The lowest BCUT2D eigenvalue weighted by molar-refractivity contribution is -0.111. The highest BCUT2D eigenvalue weighted by molar-refractivity contribution is 6.01. The number of amides is 1. The van der Waals surface area contributed by atoms with Gasteiger partial charge in [-0.05, 0) is 41.5 Å². The van der Waals surface area contributed by atoms with Crippen LogP contribution >= 0.6 is 0 Å². The van der Waals surface area contributed by atoms with Gasteiger partial charge in [-0.3, -0.25) is 9.48 Å². The van der Waals surface area contributed by atoms with Crippen LogP contribution in [0.3, 0.4) is 0 Å². The van der Waals surface area contributed by atoms with E-state index in [4.69, 9.17) is 0 Å². The van der Waals surface area contributed by atoms with Gasteiger partial charge in [0.15, 0.2) is 5.82 Å². The molecule has 1 aromatic heterocycles. The molecule has 0 spiro atoms. The number of alkyl halides is 2. The zero-order valence-electron chi connectivity index (χ0n) is 14.6. The smallest absolute Gasteiger partial charge is 0.387 e. The summed E-state index contributed by atoms with van der Waals surface area (Å²) in [5.41, 5.74) is 1.53. The van der Waals surface area contributed by atoms with E-state index in [0.29, 0.717) is 17.9 Å². The maximum absolute atomic E-state index is 12.9. The first kappa shape index (κ1) is 19.2. The van der Waals surface area contributed by atoms with E-state index in [2.05, 4.69) is 15.2 Å². The molecule has 0 fully saturated rings. The summed E-state index contributed by atoms with van der Waals surface area (Å²) < 4.78 is 43.0. The Kier molecular flexibility index (Phi) is 6.11. The number of carbonyl (C=O) groups is 1. The fourth-order valence-corrected chi connectivity index (χ4v) is 2.39. The van der Waals surface area contributed by atoms with Crippen molar-refractivity contribution in [1.29, 1.82) is 0 Å². The fourth-order valence-electron chi connectivity index (χ4n) is 2.39. The van der Waals surface area contributed by atoms with Gasteiger partial charge in [0, 0.05) is 18.3 Å². The summed E-state index contributed by atoms with van der Waals surface area (Å²) in [7, 11) is 0. The van der Waals surface area contributed by atoms with Crippen molar-refractivity contribution < 1.29 is 22.7 Å². The van der Waals surface area contributed by atoms with Crippen LogP contribution in [0.4, 0.5) is 19.0 Å². The molecule has 0 saturated carbocycles. The van der Waals surface area contributed by atoms with Gasteiger partial charge in [0.1, 0.15) is 11.6 Å². The second kappa shape index (κ2) is 8.90. The zero-order valence-corrected chi connectivity index (χ0v) is 14.6. The second-order valence-electron chi connectivity index (χ2n) is 5.80. The van der Waals surface area contributed by atoms with Gasteiger partial charge >= 0.3 is 6.61 Å². The largest absolute Gasteiger partial charge is 0.435 e. The van der Waals surface area contributed by atoms with Crippen molar-refractivity contribution in [3.63, 3.8) is 0 Å². The van der Waals surface area contributed by atoms with Crippen molar-refractivity contribution in [2.75, 3.05) is 5.32 Å². The lowest BCUT2D eigenvalue weighted by Crippen LogP contribution is -2.09. The molecule has 0 aliphatic rings. The highest BCUT2D eigenvalue weighted by Gasteiger charge is 2.05. The molecule has 28 heavy (non-hydrogen) atoms. The third-order valence-corrected chi connectivity index (χ3v) is 3.68. The Labute approximate surface area is 159 Å². The van der Waals surface area contributed by atoms with Crippen molar-refractivity contribution in [1.82, 2.24) is 9.78 Å². The van der Waals surface area contributed by atoms with Crippen molar-refractivity contribution >= 4 is 17.8 Å². The number of rotatable bonds is 7. The fraction of sp³-hybridized carbons (Fsp3) is 0.100. The van der Waals surface area contributed by atoms with Gasteiger partial charge in [0.25, 0.3) is 0 Å². The molecule has 144 valence electrons. The van der Waals surface area contributed by atoms with Gasteiger partial charge in [0.2, 0.25) is 5.91 Å². The minimum absolute atomic E-state index is 0.0447. The Morgan fingerprint density at radius 1 is 1.11 bits per heavy atom. The number of ether oxygens (including phenoxy) is 1. The number of halogens is 3. The summed E-state index contributed by atoms with van der Waals surface area (Å²) in [4.78, 5) is 12.0. The van der Waals surface area contributed by atoms with E-state index < -0.39 is 6.61 Å². The summed E-state index contributed by atoms with van der Waals surface area (Å²) >= 11 is 0. The van der Waals surface area contributed by atoms with E-state index in [1.54, 1.807) is 41.2 Å². The van der Waals surface area contributed by atoms with Gasteiger partial charge in [0.05, 0.1) is 6.54 Å². The van der Waals surface area contributed by atoms with E-state index >= 15 is 0 Å². The molecule has 1 amide bonds. The van der Waals surface area contributed by atoms with Crippen LogP contribution < -0.4 is 10.1 Å². The lowest BCUT2D eigenvalue weighted by Gasteiger charge is -2.03. The molecule has 8 heteroatoms. The molecule has 0 aliphatic carbocycles. The van der Waals surface area contributed by atoms with Crippen LogP contribution in [0.25, 0.3) is 6.08 Å². The average Bonchev–Trinajstić information content (AvgIpc) is 3.09. The predicted octanol–water partition coefficient (Wildman–Crippen LogP) is 4.32. The van der Waals surface area contributed by atoms with Crippen LogP contribution in [0.15, 0.2) is 66.9 Å². The minimum Gasteiger partial charge on any atom is -0.435 e. The first-order chi connectivity index (χ1) is 13.5. The van der Waals surface area contributed by atoms with Gasteiger partial charge in [-0.2, -0.15) is 13.9 Å². The first-order valence-electron chi connectivity index (χ1n) is 8.30. The molecule has 0 radical (unpaired) electrons. The molecule has 0 bridgehead atoms. The molecule has 1 N–H and O–H groups in total. The maximum Gasteiger partial charge on any atom is 0.387 e. The third kappa shape index (κ3) is 5.73. The molecule has 5 nitrogen and oxygen atoms in total. The van der Waals surface area contributed by atoms with Gasteiger partial charge in [-0.15, -0.1) is 0 Å². The summed E-state index contributed by atoms with van der Waals surface area (Å²) in [6.45, 7) is -2.44. The van der Waals surface area contributed by atoms with E-state index in [0.717, 1.165) is 5.56 Å². The highest BCUT2D eigenvalue weighted by atomic mass is 19.3. The Bertz CT molecular complexity index is 952. The van der Waals surface area contributed by atoms with Crippen molar-refractivity contribution in [3.05, 3.63) is 83.8 Å². The maximum atomic E-state index is 12.9. The predicted molar refractivity (Wildman–Crippen MR) is 98.5 cm³/mol. The Morgan fingerprint density at radius 3 is 2.50 bits per heavy atom. The van der Waals surface area contributed by atoms with Crippen LogP contribution in [0.1, 0.15) is 11.1 Å². The summed E-state index contributed by atoms with van der Waals surface area (Å²) in [5.74, 6) is -0.277. The second-order valence-corrected chi connectivity index (χ2v) is 5.80. The number of nitrogens with one attached hydrogen (secondary N) is 1. The van der Waals surface area contributed by atoms with Crippen LogP contribution in [-0.2, 0) is 11.3 Å². The molecular weight excluding hydrogens is 371 g/mol. The molecule has 3 aromatic rings. The van der Waals surface area contributed by atoms with E-state index in [1.165, 1.54) is 36.4 Å². The molecule has 1 heterocycles. The SMILES string of the molecule is O=C(/C=C\c1ccc(OC(F)F)cc1)Nc1ccn(Cc2ccc(F)cc2)n1. The number of aromatic nitrogens is 2. The first-order valence-corrected chi connectivity index (χ1v) is 8.30. The number of anilines is 1. The zero-order chi connectivity index (χ0) is 19.9. The minimum atomic E-state index is -2.88. The van der Waals surface area contributed by atoms with E-state index in [1.807, 2.05) is 0 Å². The van der Waals surface area contributed by atoms with E-state index in [9.17, 15) is 18.0 Å². The number of benzene rings is 2. The average molecular weight is 387 g/mol. The number of hydrogen-bond donors (Lipinski definition) is 1. The molecule has 3 rings (SSSR count). The summed E-state index contributed by atoms with van der Waals surface area (Å²) in [5, 5.41) is 6.86. The summed E-state index contributed by atoms with van der Waals surface area (Å²) in [6.07, 6.45) is 4.55. The van der Waals surface area contributed by atoms with Crippen LogP contribution in [0.2, 0.25) is 0 Å². The standard InChI is InChI=1S/C20H16F3N3O2/c21-16-6-1-15(2-7-16)13-26-12-11-18(25-26)24-19(27)10-5-14-3-8-17(9-4-14)28-20(22)23/h1-12,20H,13H2,(H,24,25,27)/b10-5-. The third-order valence-electron chi connectivity index (χ3n) is 3.68. The molecule has 0 aliphatic heterocycles. The summed E-state index contributed by atoms with van der Waals surface area (Å²) in [6, 6.07) is 13.6. The lowest BCUT2D eigenvalue weighted by atomic mass is 10.2. The van der Waals surface area contributed by atoms with Crippen LogP contribution in [-0.4, -0.2) is 22.3 Å². The highest BCUT2D eigenvalue weighted by Crippen LogP contribution is 2.15. The molecule has 0 atom stereocenters. The van der Waals surface area contributed by atoms with Gasteiger partial charge < -0.3 is 10.1 Å². The Hall–Kier alpha value is -3.55. The number of carbonyl (C=O) groups excluding carboxylic acids is 1. The van der Waals surface area contributed by atoms with E-state index in [-0.39, 0.29) is 17.5 Å². The normalized spacial score (nSPS) is 11.1. The van der Waals surface area contributed by atoms with Crippen molar-refractivity contribution in [2.24, 2.45) is 0 Å². The Morgan fingerprint density at radius 2 is 1.82 bits per heavy atom. The van der Waals surface area contributed by atoms with Crippen molar-refractivity contribution in [3.8, 4) is 5.75 Å². The molecule has 2 aromatic carbocycles. The quantitative estimate of drug-likeness (QED) is 0.614. The topological polar surface area (TPSA) is 56.1 Å². The number of nitrogens with zero attached hydrogens (tertiary/aromatic N) is 2. The molecule has 0 unspecified atom stereocenters. The van der Waals surface area contributed by atoms with Crippen LogP contribution in [0.5, 0.6) is 5.75 Å². The number of hydrogen-bond acceptors (Lipinski definition) is 3. The van der Waals surface area contributed by atoms with Gasteiger partial charge in [-0.1, -0.05) is 24.3 Å². The Balaban J connectivity index is 1.54. The molecule has 0 saturated heterocycles. The molecular formula is C20H16F3N3O2.